The number of carboxylic acid groups (broad SMARTS) is 1. The number of nitrogens with one attached hydrogen (secondary N) is 1. The summed E-state index contributed by atoms with van der Waals surface area (Å²) in [5, 5.41) is 9.35. The van der Waals surface area contributed by atoms with Crippen molar-refractivity contribution in [2.24, 2.45) is 0 Å². The van der Waals surface area contributed by atoms with Crippen molar-refractivity contribution in [2.45, 2.75) is 38.8 Å². The van der Waals surface area contributed by atoms with Gasteiger partial charge in [-0.1, -0.05) is 0 Å². The summed E-state index contributed by atoms with van der Waals surface area (Å²) in [6.45, 7) is 3.07. The molecule has 1 fully saturated rings. The minimum Gasteiger partial charge on any atom is -0.481 e. The molecule has 9 nitrogen and oxygen atoms in total. The number of hydrogen-bond acceptors (Lipinski definition) is 5. The van der Waals surface area contributed by atoms with Crippen molar-refractivity contribution < 1.29 is 19.4 Å². The summed E-state index contributed by atoms with van der Waals surface area (Å²) in [5.74, 6) is -1.30. The number of nitrogens with zero attached hydrogens (tertiary/aromatic N) is 2. The lowest BCUT2D eigenvalue weighted by molar-refractivity contribution is -0.137. The van der Waals surface area contributed by atoms with Crippen LogP contribution in [0.1, 0.15) is 36.5 Å². The van der Waals surface area contributed by atoms with Gasteiger partial charge in [-0.05, 0) is 38.0 Å². The van der Waals surface area contributed by atoms with Gasteiger partial charge in [-0.15, -0.1) is 0 Å². The second-order valence-electron chi connectivity index (χ2n) is 6.73. The van der Waals surface area contributed by atoms with Crippen molar-refractivity contribution in [2.75, 3.05) is 19.8 Å². The average molecular weight is 389 g/mol. The normalized spacial score (nSPS) is 14.9. The summed E-state index contributed by atoms with van der Waals surface area (Å²) in [5.41, 5.74) is -0.353. The van der Waals surface area contributed by atoms with E-state index in [0.29, 0.717) is 37.0 Å². The molecule has 0 unspecified atom stereocenters. The number of carboxylic acids is 1. The minimum atomic E-state index is -0.979. The average Bonchev–Trinajstić information content (AvgIpc) is 2.68. The maximum atomic E-state index is 13.1. The first-order valence-electron chi connectivity index (χ1n) is 9.29. The van der Waals surface area contributed by atoms with Crippen molar-refractivity contribution >= 4 is 22.8 Å². The van der Waals surface area contributed by atoms with E-state index in [9.17, 15) is 19.2 Å². The molecule has 0 radical (unpaired) electrons. The van der Waals surface area contributed by atoms with E-state index in [1.54, 1.807) is 11.8 Å². The maximum absolute atomic E-state index is 13.1. The number of carbonyl (C=O) groups is 2. The van der Waals surface area contributed by atoms with Gasteiger partial charge < -0.3 is 19.7 Å². The molecule has 0 atom stereocenters. The standard InChI is InChI=1S/C19H23N3O6/c1-2-21-18(26)14-4-3-12(11-15(14)20-19(21)27)17(25)22(8-5-16(23)24)13-6-9-28-10-7-13/h3-4,11,13H,2,5-10H2,1H3,(H,20,27)(H,23,24). The number of H-pyrrole nitrogens is 1. The van der Waals surface area contributed by atoms with Crippen LogP contribution in [0, 0.1) is 0 Å². The number of aromatic amines is 1. The lowest BCUT2D eigenvalue weighted by Gasteiger charge is -2.34. The minimum absolute atomic E-state index is 0.0881. The van der Waals surface area contributed by atoms with Crippen molar-refractivity contribution in [3.63, 3.8) is 0 Å². The summed E-state index contributed by atoms with van der Waals surface area (Å²) in [7, 11) is 0. The summed E-state index contributed by atoms with van der Waals surface area (Å²) >= 11 is 0. The smallest absolute Gasteiger partial charge is 0.328 e. The quantitative estimate of drug-likeness (QED) is 0.754. The van der Waals surface area contributed by atoms with Crippen molar-refractivity contribution in [1.82, 2.24) is 14.5 Å². The zero-order chi connectivity index (χ0) is 20.3. The Morgan fingerprint density at radius 2 is 2.00 bits per heavy atom. The Balaban J connectivity index is 1.97. The first kappa shape index (κ1) is 19.8. The van der Waals surface area contributed by atoms with E-state index in [0.717, 1.165) is 4.57 Å². The number of amides is 1. The van der Waals surface area contributed by atoms with Crippen molar-refractivity contribution in [3.8, 4) is 0 Å². The van der Waals surface area contributed by atoms with Crippen LogP contribution < -0.4 is 11.2 Å². The number of carbonyl (C=O) groups excluding carboxylic acids is 1. The molecule has 150 valence electrons. The third kappa shape index (κ3) is 3.99. The summed E-state index contributed by atoms with van der Waals surface area (Å²) in [6.07, 6.45) is 1.11. The molecule has 1 saturated heterocycles. The Morgan fingerprint density at radius 3 is 2.64 bits per heavy atom. The monoisotopic (exact) mass is 389 g/mol. The predicted octanol–water partition coefficient (Wildman–Crippen LogP) is 0.806. The van der Waals surface area contributed by atoms with Gasteiger partial charge in [-0.2, -0.15) is 0 Å². The Morgan fingerprint density at radius 1 is 1.29 bits per heavy atom. The number of aliphatic carboxylic acids is 1. The van der Waals surface area contributed by atoms with Gasteiger partial charge in [0.1, 0.15) is 0 Å². The Hall–Kier alpha value is -2.94. The van der Waals surface area contributed by atoms with Crippen LogP contribution in [0.4, 0.5) is 0 Å². The highest BCUT2D eigenvalue weighted by Gasteiger charge is 2.27. The highest BCUT2D eigenvalue weighted by atomic mass is 16.5. The van der Waals surface area contributed by atoms with Gasteiger partial charge in [-0.25, -0.2) is 4.79 Å². The fraction of sp³-hybridized carbons (Fsp3) is 0.474. The van der Waals surface area contributed by atoms with Crippen LogP contribution in [-0.4, -0.2) is 57.2 Å². The molecule has 1 aromatic heterocycles. The molecule has 0 saturated carbocycles. The SMILES string of the molecule is CCn1c(=O)[nH]c2cc(C(=O)N(CCC(=O)O)C3CCOCC3)ccc2c1=O. The van der Waals surface area contributed by atoms with E-state index in [4.69, 9.17) is 9.84 Å². The largest absolute Gasteiger partial charge is 0.481 e. The molecule has 2 heterocycles. The highest BCUT2D eigenvalue weighted by Crippen LogP contribution is 2.19. The molecular weight excluding hydrogens is 366 g/mol. The lowest BCUT2D eigenvalue weighted by atomic mass is 10.0. The molecule has 28 heavy (non-hydrogen) atoms. The van der Waals surface area contributed by atoms with Crippen LogP contribution in [0.3, 0.4) is 0 Å². The van der Waals surface area contributed by atoms with Gasteiger partial charge in [0.25, 0.3) is 11.5 Å². The van der Waals surface area contributed by atoms with E-state index in [1.165, 1.54) is 18.2 Å². The number of rotatable bonds is 6. The fourth-order valence-corrected chi connectivity index (χ4v) is 3.50. The first-order valence-corrected chi connectivity index (χ1v) is 9.29. The molecular formula is C19H23N3O6. The third-order valence-electron chi connectivity index (χ3n) is 5.00. The number of benzene rings is 1. The molecule has 2 aromatic rings. The van der Waals surface area contributed by atoms with Gasteiger partial charge in [0.2, 0.25) is 0 Å². The molecule has 1 amide bonds. The van der Waals surface area contributed by atoms with Gasteiger partial charge in [0.15, 0.2) is 0 Å². The molecule has 1 aliphatic heterocycles. The van der Waals surface area contributed by atoms with E-state index in [-0.39, 0.29) is 37.0 Å². The molecule has 1 aliphatic rings. The van der Waals surface area contributed by atoms with Crippen LogP contribution in [0.2, 0.25) is 0 Å². The lowest BCUT2D eigenvalue weighted by Crippen LogP contribution is -2.44. The second kappa shape index (κ2) is 8.39. The van der Waals surface area contributed by atoms with E-state index in [2.05, 4.69) is 4.98 Å². The molecule has 0 aliphatic carbocycles. The second-order valence-corrected chi connectivity index (χ2v) is 6.73. The van der Waals surface area contributed by atoms with Crippen LogP contribution in [-0.2, 0) is 16.1 Å². The number of ether oxygens (including phenoxy) is 1. The van der Waals surface area contributed by atoms with E-state index < -0.39 is 17.2 Å². The number of fused-ring (bicyclic) bond motifs is 1. The Bertz CT molecular complexity index is 1000. The Kier molecular flexibility index (Phi) is 5.93. The number of aromatic nitrogens is 2. The van der Waals surface area contributed by atoms with Crippen LogP contribution in [0.5, 0.6) is 0 Å². The van der Waals surface area contributed by atoms with E-state index in [1.807, 2.05) is 0 Å². The van der Waals surface area contributed by atoms with Crippen LogP contribution in [0.15, 0.2) is 27.8 Å². The zero-order valence-electron chi connectivity index (χ0n) is 15.6. The predicted molar refractivity (Wildman–Crippen MR) is 102 cm³/mol. The molecule has 1 aromatic carbocycles. The molecule has 0 bridgehead atoms. The van der Waals surface area contributed by atoms with Crippen LogP contribution in [0.25, 0.3) is 10.9 Å². The van der Waals surface area contributed by atoms with Gasteiger partial charge in [0.05, 0.1) is 17.3 Å². The Labute approximate surface area is 160 Å². The molecule has 2 N–H and O–H groups in total. The van der Waals surface area contributed by atoms with Crippen molar-refractivity contribution in [3.05, 3.63) is 44.6 Å². The number of hydrogen-bond donors (Lipinski definition) is 2. The van der Waals surface area contributed by atoms with Gasteiger partial charge >= 0.3 is 11.7 Å². The van der Waals surface area contributed by atoms with Gasteiger partial charge in [0, 0.05) is 37.9 Å². The molecule has 3 rings (SSSR count). The zero-order valence-corrected chi connectivity index (χ0v) is 15.6. The fourth-order valence-electron chi connectivity index (χ4n) is 3.50. The topological polar surface area (TPSA) is 122 Å². The van der Waals surface area contributed by atoms with E-state index >= 15 is 0 Å². The van der Waals surface area contributed by atoms with Crippen molar-refractivity contribution in [1.29, 1.82) is 0 Å². The third-order valence-corrected chi connectivity index (χ3v) is 5.00. The summed E-state index contributed by atoms with van der Waals surface area (Å²) in [4.78, 5) is 52.8. The van der Waals surface area contributed by atoms with Crippen LogP contribution >= 0.6 is 0 Å². The van der Waals surface area contributed by atoms with Gasteiger partial charge in [-0.3, -0.25) is 19.0 Å². The summed E-state index contributed by atoms with van der Waals surface area (Å²) < 4.78 is 6.42. The highest BCUT2D eigenvalue weighted by molar-refractivity contribution is 5.98. The molecule has 9 heteroatoms. The molecule has 0 spiro atoms. The first-order chi connectivity index (χ1) is 13.4. The maximum Gasteiger partial charge on any atom is 0.328 e. The summed E-state index contributed by atoms with van der Waals surface area (Å²) in [6, 6.07) is 4.43.